The van der Waals surface area contributed by atoms with Gasteiger partial charge in [0, 0.05) is 17.7 Å². The number of hydrogen-bond acceptors (Lipinski definition) is 3. The Morgan fingerprint density at radius 2 is 2.15 bits per heavy atom. The third-order valence-electron chi connectivity index (χ3n) is 2.26. The van der Waals surface area contributed by atoms with Crippen LogP contribution in [0.15, 0.2) is 12.1 Å². The molecule has 0 aromatic heterocycles. The van der Waals surface area contributed by atoms with Crippen molar-refractivity contribution in [2.45, 2.75) is 12.8 Å². The summed E-state index contributed by atoms with van der Waals surface area (Å²) in [6.07, 6.45) is 1.22. The molecule has 0 radical (unpaired) electrons. The second kappa shape index (κ2) is 2.60. The van der Waals surface area contributed by atoms with Crippen LogP contribution in [-0.2, 0) is 6.42 Å². The second-order valence-electron chi connectivity index (χ2n) is 3.14. The number of fused-ring (bicyclic) bond motifs is 1. The highest BCUT2D eigenvalue weighted by atomic mass is 16.1. The van der Waals surface area contributed by atoms with E-state index in [0.717, 1.165) is 5.56 Å². The number of carbonyl (C=O) groups is 1. The number of nitrogens with zero attached hydrogens (tertiary/aromatic N) is 1. The molecule has 0 heterocycles. The largest absolute Gasteiger partial charge is 0.399 e. The maximum Gasteiger partial charge on any atom is 0.164 e. The summed E-state index contributed by atoms with van der Waals surface area (Å²) in [5, 5.41) is 8.79. The fraction of sp³-hybridized carbons (Fsp3) is 0.200. The monoisotopic (exact) mass is 172 g/mol. The molecule has 1 aliphatic carbocycles. The number of aryl methyl sites for hydroxylation is 1. The molecule has 1 aromatic rings. The topological polar surface area (TPSA) is 66.9 Å². The van der Waals surface area contributed by atoms with E-state index < -0.39 is 0 Å². The molecule has 2 rings (SSSR count). The van der Waals surface area contributed by atoms with Gasteiger partial charge in [0.15, 0.2) is 5.78 Å². The molecule has 13 heavy (non-hydrogen) atoms. The van der Waals surface area contributed by atoms with Crippen LogP contribution in [-0.4, -0.2) is 5.78 Å². The van der Waals surface area contributed by atoms with Gasteiger partial charge in [0.1, 0.15) is 0 Å². The molecule has 64 valence electrons. The lowest BCUT2D eigenvalue weighted by atomic mass is 10.0. The third kappa shape index (κ3) is 1.07. The summed E-state index contributed by atoms with van der Waals surface area (Å²) < 4.78 is 0. The Morgan fingerprint density at radius 3 is 2.85 bits per heavy atom. The van der Waals surface area contributed by atoms with Crippen molar-refractivity contribution in [3.8, 4) is 6.07 Å². The summed E-state index contributed by atoms with van der Waals surface area (Å²) in [4.78, 5) is 11.4. The van der Waals surface area contributed by atoms with Crippen molar-refractivity contribution >= 4 is 11.5 Å². The van der Waals surface area contributed by atoms with Crippen LogP contribution in [0.25, 0.3) is 0 Å². The highest BCUT2D eigenvalue weighted by molar-refractivity contribution is 6.03. The normalized spacial score (nSPS) is 13.9. The van der Waals surface area contributed by atoms with E-state index in [1.807, 2.05) is 6.07 Å². The van der Waals surface area contributed by atoms with Gasteiger partial charge in [-0.2, -0.15) is 5.26 Å². The Balaban J connectivity index is 2.73. The Kier molecular flexibility index (Phi) is 1.56. The van der Waals surface area contributed by atoms with Gasteiger partial charge < -0.3 is 5.73 Å². The van der Waals surface area contributed by atoms with E-state index in [1.54, 1.807) is 12.1 Å². The fourth-order valence-electron chi connectivity index (χ4n) is 1.71. The molecule has 0 bridgehead atoms. The van der Waals surface area contributed by atoms with Crippen LogP contribution in [0, 0.1) is 11.3 Å². The van der Waals surface area contributed by atoms with Crippen LogP contribution in [0.2, 0.25) is 0 Å². The van der Waals surface area contributed by atoms with E-state index >= 15 is 0 Å². The Bertz CT molecular complexity index is 429. The summed E-state index contributed by atoms with van der Waals surface area (Å²) >= 11 is 0. The molecular weight excluding hydrogens is 164 g/mol. The van der Waals surface area contributed by atoms with Gasteiger partial charge in [-0.05, 0) is 24.1 Å². The first-order chi connectivity index (χ1) is 6.22. The molecule has 0 amide bonds. The molecule has 0 atom stereocenters. The number of rotatable bonds is 0. The Hall–Kier alpha value is -1.82. The van der Waals surface area contributed by atoms with Gasteiger partial charge in [-0.25, -0.2) is 0 Å². The second-order valence-corrected chi connectivity index (χ2v) is 3.14. The number of nitrogens with two attached hydrogens (primary N) is 1. The highest BCUT2D eigenvalue weighted by Gasteiger charge is 2.23. The van der Waals surface area contributed by atoms with E-state index in [2.05, 4.69) is 0 Å². The molecule has 0 aliphatic heterocycles. The predicted octanol–water partition coefficient (Wildman–Crippen LogP) is 1.27. The van der Waals surface area contributed by atoms with Crippen LogP contribution in [0.1, 0.15) is 27.9 Å². The van der Waals surface area contributed by atoms with Crippen LogP contribution >= 0.6 is 0 Å². The number of nitriles is 1. The smallest absolute Gasteiger partial charge is 0.164 e. The standard InChI is InChI=1S/C10H8N2O/c11-5-7-4-8(12)3-6-1-2-9(13)10(6)7/h3-4H,1-2,12H2. The SMILES string of the molecule is N#Cc1cc(N)cc2c1C(=O)CC2. The minimum Gasteiger partial charge on any atom is -0.399 e. The summed E-state index contributed by atoms with van der Waals surface area (Å²) in [6, 6.07) is 5.33. The number of Topliss-reactive ketones (excluding diaryl/α,β-unsaturated/α-hetero) is 1. The summed E-state index contributed by atoms with van der Waals surface area (Å²) in [6.45, 7) is 0. The number of carbonyl (C=O) groups excluding carboxylic acids is 1. The van der Waals surface area contributed by atoms with Crippen molar-refractivity contribution in [3.63, 3.8) is 0 Å². The van der Waals surface area contributed by atoms with Gasteiger partial charge in [0.2, 0.25) is 0 Å². The molecular formula is C10H8N2O. The quantitative estimate of drug-likeness (QED) is 0.599. The number of nitrogen functional groups attached to an aromatic ring is 1. The van der Waals surface area contributed by atoms with Crippen molar-refractivity contribution in [3.05, 3.63) is 28.8 Å². The molecule has 3 heteroatoms. The molecule has 0 fully saturated rings. The van der Waals surface area contributed by atoms with E-state index in [1.165, 1.54) is 0 Å². The predicted molar refractivity (Wildman–Crippen MR) is 48.2 cm³/mol. The van der Waals surface area contributed by atoms with E-state index in [0.29, 0.717) is 29.7 Å². The zero-order valence-corrected chi connectivity index (χ0v) is 7.00. The van der Waals surface area contributed by atoms with Gasteiger partial charge in [-0.1, -0.05) is 0 Å². The summed E-state index contributed by atoms with van der Waals surface area (Å²) in [7, 11) is 0. The average molecular weight is 172 g/mol. The lowest BCUT2D eigenvalue weighted by Crippen LogP contribution is -1.98. The van der Waals surface area contributed by atoms with Crippen LogP contribution in [0.4, 0.5) is 5.69 Å². The van der Waals surface area contributed by atoms with Crippen LogP contribution in [0.3, 0.4) is 0 Å². The zero-order valence-electron chi connectivity index (χ0n) is 7.00. The first-order valence-electron chi connectivity index (χ1n) is 4.08. The average Bonchev–Trinajstić information content (AvgIpc) is 2.46. The summed E-state index contributed by atoms with van der Waals surface area (Å²) in [5.41, 5.74) is 8.06. The van der Waals surface area contributed by atoms with Crippen molar-refractivity contribution in [1.82, 2.24) is 0 Å². The number of anilines is 1. The van der Waals surface area contributed by atoms with E-state index in [9.17, 15) is 4.79 Å². The molecule has 1 aliphatic rings. The Morgan fingerprint density at radius 1 is 1.38 bits per heavy atom. The maximum absolute atomic E-state index is 11.4. The van der Waals surface area contributed by atoms with Crippen LogP contribution < -0.4 is 5.73 Å². The van der Waals surface area contributed by atoms with Crippen LogP contribution in [0.5, 0.6) is 0 Å². The molecule has 3 nitrogen and oxygen atoms in total. The van der Waals surface area contributed by atoms with Crippen molar-refractivity contribution in [2.75, 3.05) is 5.73 Å². The molecule has 1 aromatic carbocycles. The lowest BCUT2D eigenvalue weighted by Gasteiger charge is -2.01. The highest BCUT2D eigenvalue weighted by Crippen LogP contribution is 2.27. The molecule has 0 saturated heterocycles. The third-order valence-corrected chi connectivity index (χ3v) is 2.26. The van der Waals surface area contributed by atoms with Gasteiger partial charge in [0.05, 0.1) is 11.6 Å². The minimum atomic E-state index is 0.0616. The molecule has 0 saturated carbocycles. The van der Waals surface area contributed by atoms with E-state index in [-0.39, 0.29) is 5.78 Å². The van der Waals surface area contributed by atoms with Crippen molar-refractivity contribution < 1.29 is 4.79 Å². The lowest BCUT2D eigenvalue weighted by molar-refractivity contribution is 0.0994. The van der Waals surface area contributed by atoms with Gasteiger partial charge in [-0.15, -0.1) is 0 Å². The Labute approximate surface area is 75.8 Å². The number of benzene rings is 1. The first kappa shape index (κ1) is 7.81. The van der Waals surface area contributed by atoms with Crippen molar-refractivity contribution in [1.29, 1.82) is 5.26 Å². The van der Waals surface area contributed by atoms with E-state index in [4.69, 9.17) is 11.0 Å². The minimum absolute atomic E-state index is 0.0616. The van der Waals surface area contributed by atoms with Crippen molar-refractivity contribution in [2.24, 2.45) is 0 Å². The number of ketones is 1. The van der Waals surface area contributed by atoms with Gasteiger partial charge in [-0.3, -0.25) is 4.79 Å². The van der Waals surface area contributed by atoms with Gasteiger partial charge in [0.25, 0.3) is 0 Å². The fourth-order valence-corrected chi connectivity index (χ4v) is 1.71. The zero-order chi connectivity index (χ0) is 9.42. The first-order valence-corrected chi connectivity index (χ1v) is 4.08. The maximum atomic E-state index is 11.4. The summed E-state index contributed by atoms with van der Waals surface area (Å²) in [5.74, 6) is 0.0616. The number of hydrogen-bond donors (Lipinski definition) is 1. The molecule has 0 unspecified atom stereocenters. The molecule has 0 spiro atoms. The molecule has 2 N–H and O–H groups in total. The van der Waals surface area contributed by atoms with Gasteiger partial charge >= 0.3 is 0 Å².